The summed E-state index contributed by atoms with van der Waals surface area (Å²) in [5.74, 6) is -2.77. The molecule has 9 heteroatoms. The Hall–Kier alpha value is -4.59. The largest absolute Gasteiger partial charge is 0.625 e. The SMILES string of the molecule is COC(=O)CC(c1ccccc1)C(N=C(c1ccccc1)c1ccccc1[N-]C(=O)C1CCCN1Cc1ccccc1)C(=O)O.[Ni]. The number of amides is 1. The van der Waals surface area contributed by atoms with E-state index < -0.39 is 23.9 Å². The van der Waals surface area contributed by atoms with Crippen molar-refractivity contribution >= 4 is 29.2 Å². The molecule has 1 fully saturated rings. The normalized spacial score (nSPS) is 16.1. The number of benzene rings is 4. The average molecular weight is 661 g/mol. The van der Waals surface area contributed by atoms with Gasteiger partial charge in [-0.25, -0.2) is 4.79 Å². The number of methoxy groups -OCH3 is 1. The van der Waals surface area contributed by atoms with Crippen molar-refractivity contribution in [3.05, 3.63) is 143 Å². The molecule has 0 aromatic heterocycles. The molecule has 1 amide bonds. The van der Waals surface area contributed by atoms with Gasteiger partial charge in [0.15, 0.2) is 6.04 Å². The zero-order chi connectivity index (χ0) is 31.6. The molecule has 5 rings (SSSR count). The number of carbonyl (C=O) groups excluding carboxylic acids is 2. The van der Waals surface area contributed by atoms with E-state index in [2.05, 4.69) is 22.3 Å². The van der Waals surface area contributed by atoms with Gasteiger partial charge in [0.25, 0.3) is 0 Å². The van der Waals surface area contributed by atoms with Crippen LogP contribution in [0.1, 0.15) is 47.4 Å². The Kier molecular flexibility index (Phi) is 12.4. The molecule has 1 aliphatic heterocycles. The maximum Gasteiger partial charge on any atom is 0.329 e. The van der Waals surface area contributed by atoms with Crippen LogP contribution in [0, 0.1) is 0 Å². The summed E-state index contributed by atoms with van der Waals surface area (Å²) in [5, 5.41) is 15.1. The van der Waals surface area contributed by atoms with Crippen LogP contribution in [-0.2, 0) is 42.2 Å². The van der Waals surface area contributed by atoms with Crippen molar-refractivity contribution in [2.75, 3.05) is 13.7 Å². The summed E-state index contributed by atoms with van der Waals surface area (Å²) >= 11 is 0. The summed E-state index contributed by atoms with van der Waals surface area (Å²) in [6.45, 7) is 1.47. The van der Waals surface area contributed by atoms with Crippen molar-refractivity contribution in [3.8, 4) is 0 Å². The number of nitrogens with zero attached hydrogens (tertiary/aromatic N) is 3. The van der Waals surface area contributed by atoms with Crippen LogP contribution in [0.2, 0.25) is 0 Å². The molecule has 0 radical (unpaired) electrons. The zero-order valence-electron chi connectivity index (χ0n) is 25.5. The molecule has 1 N–H and O–H groups in total. The van der Waals surface area contributed by atoms with Crippen LogP contribution in [0.5, 0.6) is 0 Å². The summed E-state index contributed by atoms with van der Waals surface area (Å²) in [6, 6.07) is 33.7. The smallest absolute Gasteiger partial charge is 0.329 e. The molecule has 3 unspecified atom stereocenters. The van der Waals surface area contributed by atoms with Crippen molar-refractivity contribution in [1.29, 1.82) is 0 Å². The molecule has 0 bridgehead atoms. The fourth-order valence-electron chi connectivity index (χ4n) is 5.80. The molecule has 0 spiro atoms. The monoisotopic (exact) mass is 660 g/mol. The third-order valence-electron chi connectivity index (χ3n) is 8.06. The van der Waals surface area contributed by atoms with Gasteiger partial charge in [-0.3, -0.25) is 14.7 Å². The number of hydrogen-bond acceptors (Lipinski definition) is 6. The molecule has 0 aliphatic carbocycles. The van der Waals surface area contributed by atoms with E-state index in [0.717, 1.165) is 18.5 Å². The number of para-hydroxylation sites is 1. The summed E-state index contributed by atoms with van der Waals surface area (Å²) in [5.41, 5.74) is 3.75. The van der Waals surface area contributed by atoms with Crippen molar-refractivity contribution in [2.45, 2.75) is 43.8 Å². The molecule has 46 heavy (non-hydrogen) atoms. The summed E-state index contributed by atoms with van der Waals surface area (Å²) in [7, 11) is 1.28. The molecule has 4 aromatic rings. The second-order valence-electron chi connectivity index (χ2n) is 11.0. The number of aliphatic carboxylic acids is 1. The number of carboxylic acids is 1. The van der Waals surface area contributed by atoms with E-state index in [1.165, 1.54) is 7.11 Å². The van der Waals surface area contributed by atoms with Crippen LogP contribution >= 0.6 is 0 Å². The standard InChI is InChI=1S/C37H37N3O5.Ni/c1-45-33(41)24-30(27-16-7-3-8-17-27)35(37(43)44)39-34(28-18-9-4-10-19-28)29-20-11-12-21-31(29)38-36(42)32-22-13-23-40(32)25-26-14-5-2-6-15-26;/h2-12,14-21,30,32,35H,13,22-25H2,1H3,(H2,38,39,42,43,44);/p-1. The minimum atomic E-state index is -1.33. The number of esters is 1. The minimum absolute atomic E-state index is 0. The molecular weight excluding hydrogens is 625 g/mol. The third-order valence-corrected chi connectivity index (χ3v) is 8.06. The minimum Gasteiger partial charge on any atom is -0.625 e. The van der Waals surface area contributed by atoms with Gasteiger partial charge in [0.1, 0.15) is 0 Å². The van der Waals surface area contributed by atoms with E-state index >= 15 is 0 Å². The molecule has 1 saturated heterocycles. The van der Waals surface area contributed by atoms with Gasteiger partial charge in [-0.05, 0) is 36.1 Å². The Morgan fingerprint density at radius 2 is 1.50 bits per heavy atom. The van der Waals surface area contributed by atoms with E-state index in [9.17, 15) is 19.5 Å². The van der Waals surface area contributed by atoms with Gasteiger partial charge in [-0.15, -0.1) is 5.69 Å². The maximum atomic E-state index is 13.7. The Labute approximate surface area is 279 Å². The van der Waals surface area contributed by atoms with E-state index in [0.29, 0.717) is 41.1 Å². The van der Waals surface area contributed by atoms with Gasteiger partial charge < -0.3 is 20.0 Å². The van der Waals surface area contributed by atoms with Gasteiger partial charge in [0, 0.05) is 34.5 Å². The summed E-state index contributed by atoms with van der Waals surface area (Å²) in [4.78, 5) is 46.0. The Morgan fingerprint density at radius 3 is 2.15 bits per heavy atom. The van der Waals surface area contributed by atoms with Crippen LogP contribution in [-0.4, -0.2) is 59.3 Å². The van der Waals surface area contributed by atoms with Gasteiger partial charge in [0.05, 0.1) is 31.2 Å². The number of ether oxygens (including phenoxy) is 1. The van der Waals surface area contributed by atoms with E-state index in [4.69, 9.17) is 9.73 Å². The second-order valence-corrected chi connectivity index (χ2v) is 11.0. The second kappa shape index (κ2) is 16.6. The molecule has 1 heterocycles. The summed E-state index contributed by atoms with van der Waals surface area (Å²) < 4.78 is 4.93. The van der Waals surface area contributed by atoms with Gasteiger partial charge in [-0.2, -0.15) is 0 Å². The predicted octanol–water partition coefficient (Wildman–Crippen LogP) is 6.52. The summed E-state index contributed by atoms with van der Waals surface area (Å²) in [6.07, 6.45) is 1.44. The number of carbonyl (C=O) groups is 3. The number of aliphatic imine (C=N–C) groups is 1. The molecule has 3 atom stereocenters. The first-order valence-electron chi connectivity index (χ1n) is 15.1. The predicted molar refractivity (Wildman–Crippen MR) is 174 cm³/mol. The fraction of sp³-hybridized carbons (Fsp3) is 0.243. The molecule has 0 saturated carbocycles. The van der Waals surface area contributed by atoms with E-state index in [1.54, 1.807) is 42.5 Å². The number of likely N-dealkylation sites (tertiary alicyclic amines) is 1. The van der Waals surface area contributed by atoms with Crippen molar-refractivity contribution in [3.63, 3.8) is 0 Å². The van der Waals surface area contributed by atoms with E-state index in [1.807, 2.05) is 60.7 Å². The first kappa shape index (κ1) is 34.3. The van der Waals surface area contributed by atoms with Crippen LogP contribution < -0.4 is 0 Å². The van der Waals surface area contributed by atoms with E-state index in [-0.39, 0.29) is 34.9 Å². The van der Waals surface area contributed by atoms with Crippen LogP contribution in [0.15, 0.2) is 120 Å². The average Bonchev–Trinajstić information content (AvgIpc) is 3.54. The Bertz CT molecular complexity index is 1630. The molecule has 1 aliphatic rings. The van der Waals surface area contributed by atoms with Crippen molar-refractivity contribution in [2.24, 2.45) is 4.99 Å². The Morgan fingerprint density at radius 1 is 0.891 bits per heavy atom. The third kappa shape index (κ3) is 8.56. The number of carboxylic acid groups (broad SMARTS) is 1. The van der Waals surface area contributed by atoms with Crippen LogP contribution in [0.4, 0.5) is 5.69 Å². The number of rotatable bonds is 12. The van der Waals surface area contributed by atoms with Gasteiger partial charge in [-0.1, -0.05) is 115 Å². The van der Waals surface area contributed by atoms with Crippen molar-refractivity contribution < 1.29 is 40.7 Å². The van der Waals surface area contributed by atoms with Gasteiger partial charge >= 0.3 is 11.9 Å². The van der Waals surface area contributed by atoms with Crippen LogP contribution in [0.3, 0.4) is 0 Å². The first-order valence-corrected chi connectivity index (χ1v) is 15.1. The quantitative estimate of drug-likeness (QED) is 0.105. The molecule has 8 nitrogen and oxygen atoms in total. The first-order chi connectivity index (χ1) is 21.9. The number of hydrogen-bond donors (Lipinski definition) is 1. The maximum absolute atomic E-state index is 13.7. The molecule has 240 valence electrons. The van der Waals surface area contributed by atoms with Crippen molar-refractivity contribution in [1.82, 2.24) is 4.90 Å². The molecule has 4 aromatic carbocycles. The van der Waals surface area contributed by atoms with Gasteiger partial charge in [0.2, 0.25) is 0 Å². The fourth-order valence-corrected chi connectivity index (χ4v) is 5.80. The zero-order valence-corrected chi connectivity index (χ0v) is 26.5. The topological polar surface area (TPSA) is 110 Å². The Balaban J connectivity index is 0.00000480. The van der Waals surface area contributed by atoms with Crippen LogP contribution in [0.25, 0.3) is 5.32 Å². The molecular formula is C37H36N3NiO5-.